The van der Waals surface area contributed by atoms with E-state index < -0.39 is 6.09 Å². The molecule has 0 radical (unpaired) electrons. The molecule has 0 bridgehead atoms. The zero-order valence-corrected chi connectivity index (χ0v) is 19.1. The molecule has 174 valence electrons. The number of para-hydroxylation sites is 1. The smallest absolute Gasteiger partial charge is 0.409 e. The van der Waals surface area contributed by atoms with Gasteiger partial charge in [0.15, 0.2) is 0 Å². The van der Waals surface area contributed by atoms with E-state index in [-0.39, 0.29) is 0 Å². The Morgan fingerprint density at radius 1 is 0.882 bits per heavy atom. The molecule has 0 aliphatic heterocycles. The zero-order chi connectivity index (χ0) is 23.6. The fraction of sp³-hybridized carbons (Fsp3) is 0.259. The number of nitrogens with zero attached hydrogens (tertiary/aromatic N) is 4. The van der Waals surface area contributed by atoms with Gasteiger partial charge in [-0.05, 0) is 42.5 Å². The van der Waals surface area contributed by atoms with E-state index >= 15 is 0 Å². The Kier molecular flexibility index (Phi) is 8.00. The topological polar surface area (TPSA) is 92.9 Å². The molecule has 0 aliphatic rings. The number of aromatic nitrogens is 4. The van der Waals surface area contributed by atoms with Crippen LogP contribution in [0, 0.1) is 0 Å². The number of benzene rings is 2. The molecule has 2 N–H and O–H groups in total. The summed E-state index contributed by atoms with van der Waals surface area (Å²) in [4.78, 5) is 15.6. The third-order valence-corrected chi connectivity index (χ3v) is 5.80. The molecule has 0 aliphatic carbocycles. The first kappa shape index (κ1) is 23.2. The maximum atomic E-state index is 11.4. The summed E-state index contributed by atoms with van der Waals surface area (Å²) >= 11 is 0. The van der Waals surface area contributed by atoms with Crippen LogP contribution in [0.4, 0.5) is 10.5 Å². The van der Waals surface area contributed by atoms with Gasteiger partial charge < -0.3 is 5.11 Å². The molecule has 0 saturated carbocycles. The predicted octanol–water partition coefficient (Wildman–Crippen LogP) is 6.29. The Balaban J connectivity index is 1.24. The van der Waals surface area contributed by atoms with Gasteiger partial charge in [0.05, 0.1) is 11.9 Å². The number of anilines is 1. The normalized spacial score (nSPS) is 10.8. The number of amides is 1. The molecule has 2 aromatic heterocycles. The molecule has 1 amide bonds. The van der Waals surface area contributed by atoms with Gasteiger partial charge in [0.25, 0.3) is 0 Å². The van der Waals surface area contributed by atoms with Crippen LogP contribution < -0.4 is 5.32 Å². The van der Waals surface area contributed by atoms with E-state index in [1.54, 1.807) is 12.4 Å². The van der Waals surface area contributed by atoms with Crippen molar-refractivity contribution in [1.29, 1.82) is 0 Å². The van der Waals surface area contributed by atoms with E-state index in [0.717, 1.165) is 73.0 Å². The number of rotatable bonds is 11. The lowest BCUT2D eigenvalue weighted by Crippen LogP contribution is -2.10. The maximum Gasteiger partial charge on any atom is 0.409 e. The average molecular weight is 456 g/mol. The number of carbonyl (C=O) groups is 1. The minimum Gasteiger partial charge on any atom is -0.465 e. The van der Waals surface area contributed by atoms with Crippen molar-refractivity contribution in [1.82, 2.24) is 20.0 Å². The highest BCUT2D eigenvalue weighted by molar-refractivity contribution is 5.92. The van der Waals surface area contributed by atoms with E-state index in [9.17, 15) is 9.90 Å². The third-order valence-electron chi connectivity index (χ3n) is 5.80. The van der Waals surface area contributed by atoms with Crippen LogP contribution in [0.3, 0.4) is 0 Å². The second kappa shape index (κ2) is 11.7. The lowest BCUT2D eigenvalue weighted by molar-refractivity contribution is 0.209. The summed E-state index contributed by atoms with van der Waals surface area (Å²) in [5.41, 5.74) is 5.47. The molecule has 34 heavy (non-hydrogen) atoms. The first-order valence-corrected chi connectivity index (χ1v) is 11.7. The van der Waals surface area contributed by atoms with E-state index in [1.165, 1.54) is 0 Å². The maximum absolute atomic E-state index is 11.4. The third kappa shape index (κ3) is 6.28. The van der Waals surface area contributed by atoms with Crippen molar-refractivity contribution in [2.24, 2.45) is 0 Å². The second-order valence-corrected chi connectivity index (χ2v) is 8.26. The number of carboxylic acid groups (broad SMARTS) is 1. The highest BCUT2D eigenvalue weighted by Crippen LogP contribution is 2.32. The van der Waals surface area contributed by atoms with Crippen LogP contribution in [-0.4, -0.2) is 31.2 Å². The lowest BCUT2D eigenvalue weighted by atomic mass is 9.96. The summed E-state index contributed by atoms with van der Waals surface area (Å²) < 4.78 is 1.89. The number of pyridine rings is 1. The second-order valence-electron chi connectivity index (χ2n) is 8.26. The summed E-state index contributed by atoms with van der Waals surface area (Å²) in [6.07, 6.45) is 10.7. The summed E-state index contributed by atoms with van der Waals surface area (Å²) in [7, 11) is 0. The molecule has 0 fully saturated rings. The zero-order valence-electron chi connectivity index (χ0n) is 19.1. The Morgan fingerprint density at radius 2 is 1.68 bits per heavy atom. The van der Waals surface area contributed by atoms with Crippen molar-refractivity contribution < 1.29 is 9.90 Å². The van der Waals surface area contributed by atoms with Crippen LogP contribution in [-0.2, 0) is 13.0 Å². The largest absolute Gasteiger partial charge is 0.465 e. The van der Waals surface area contributed by atoms with Gasteiger partial charge in [-0.15, -0.1) is 5.10 Å². The quantitative estimate of drug-likeness (QED) is 0.259. The molecule has 0 saturated heterocycles. The van der Waals surface area contributed by atoms with Gasteiger partial charge in [-0.1, -0.05) is 73.0 Å². The van der Waals surface area contributed by atoms with Crippen molar-refractivity contribution in [3.8, 4) is 22.4 Å². The van der Waals surface area contributed by atoms with Gasteiger partial charge in [-0.25, -0.2) is 4.79 Å². The molecule has 0 unspecified atom stereocenters. The van der Waals surface area contributed by atoms with Crippen LogP contribution in [0.25, 0.3) is 22.4 Å². The first-order chi connectivity index (χ1) is 16.7. The van der Waals surface area contributed by atoms with Gasteiger partial charge in [-0.3, -0.25) is 15.0 Å². The Hall–Kier alpha value is -4.00. The minimum atomic E-state index is -1.04. The number of aryl methyl sites for hydroxylation is 2. The Morgan fingerprint density at radius 3 is 2.47 bits per heavy atom. The standard InChI is InChI=1S/C27H29N5O2/c33-27(34)29-26-22(14-9-16-24(26)21-11-6-4-7-12-21)13-5-2-1-3-8-18-32-20-25(30-31-32)23-15-10-17-28-19-23/h4,6-7,9-12,14-17,19-20,29H,1-3,5,8,13,18H2,(H,33,34). The van der Waals surface area contributed by atoms with Gasteiger partial charge in [0.2, 0.25) is 0 Å². The molecular weight excluding hydrogens is 426 g/mol. The molecule has 7 nitrogen and oxygen atoms in total. The molecule has 4 rings (SSSR count). The Labute approximate surface area is 199 Å². The predicted molar refractivity (Wildman–Crippen MR) is 134 cm³/mol. The highest BCUT2D eigenvalue weighted by atomic mass is 16.4. The van der Waals surface area contributed by atoms with Crippen LogP contribution >= 0.6 is 0 Å². The molecule has 7 heteroatoms. The van der Waals surface area contributed by atoms with Crippen molar-refractivity contribution >= 4 is 11.8 Å². The summed E-state index contributed by atoms with van der Waals surface area (Å²) in [5, 5.41) is 20.4. The SMILES string of the molecule is O=C(O)Nc1c(CCCCCCCn2cc(-c3cccnc3)nn2)cccc1-c1ccccc1. The van der Waals surface area contributed by atoms with Crippen molar-refractivity contribution in [2.75, 3.05) is 5.32 Å². The molecule has 0 spiro atoms. The molecule has 2 heterocycles. The van der Waals surface area contributed by atoms with Crippen molar-refractivity contribution in [2.45, 2.75) is 45.1 Å². The molecule has 4 aromatic rings. The fourth-order valence-electron chi connectivity index (χ4n) is 4.10. The average Bonchev–Trinajstić information content (AvgIpc) is 3.34. The van der Waals surface area contributed by atoms with Gasteiger partial charge in [-0.2, -0.15) is 0 Å². The first-order valence-electron chi connectivity index (χ1n) is 11.7. The summed E-state index contributed by atoms with van der Waals surface area (Å²) in [5.74, 6) is 0. The molecular formula is C27H29N5O2. The summed E-state index contributed by atoms with van der Waals surface area (Å²) in [6, 6.07) is 19.7. The van der Waals surface area contributed by atoms with Crippen LogP contribution in [0.2, 0.25) is 0 Å². The monoisotopic (exact) mass is 455 g/mol. The van der Waals surface area contributed by atoms with E-state index in [0.29, 0.717) is 5.69 Å². The van der Waals surface area contributed by atoms with Crippen LogP contribution in [0.5, 0.6) is 0 Å². The van der Waals surface area contributed by atoms with Crippen molar-refractivity contribution in [3.05, 3.63) is 84.8 Å². The van der Waals surface area contributed by atoms with Crippen LogP contribution in [0.15, 0.2) is 79.3 Å². The minimum absolute atomic E-state index is 0.691. The van der Waals surface area contributed by atoms with Gasteiger partial charge in [0, 0.05) is 30.1 Å². The molecule has 2 aromatic carbocycles. The van der Waals surface area contributed by atoms with Crippen molar-refractivity contribution in [3.63, 3.8) is 0 Å². The van der Waals surface area contributed by atoms with E-state index in [4.69, 9.17) is 0 Å². The number of hydrogen-bond acceptors (Lipinski definition) is 4. The number of hydrogen-bond donors (Lipinski definition) is 2. The van der Waals surface area contributed by atoms with Gasteiger partial charge in [0.1, 0.15) is 5.69 Å². The fourth-order valence-corrected chi connectivity index (χ4v) is 4.10. The van der Waals surface area contributed by atoms with E-state index in [1.807, 2.05) is 71.5 Å². The van der Waals surface area contributed by atoms with E-state index in [2.05, 4.69) is 20.6 Å². The number of unbranched alkanes of at least 4 members (excludes halogenated alkanes) is 4. The number of nitrogens with one attached hydrogen (secondary N) is 1. The highest BCUT2D eigenvalue weighted by Gasteiger charge is 2.12. The Bertz CT molecular complexity index is 1190. The lowest BCUT2D eigenvalue weighted by Gasteiger charge is -2.15. The van der Waals surface area contributed by atoms with Gasteiger partial charge >= 0.3 is 6.09 Å². The summed E-state index contributed by atoms with van der Waals surface area (Å²) in [6.45, 7) is 0.846. The van der Waals surface area contributed by atoms with Crippen LogP contribution in [0.1, 0.15) is 37.7 Å². The molecule has 0 atom stereocenters.